The first-order chi connectivity index (χ1) is 13.9. The number of anilines is 1. The number of aliphatic hydroxyl groups is 1. The Balaban J connectivity index is 2.03. The topological polar surface area (TPSA) is 101 Å². The van der Waals surface area contributed by atoms with Crippen molar-refractivity contribution in [3.8, 4) is 0 Å². The quantitative estimate of drug-likeness (QED) is 0.512. The number of pyridine rings is 1. The third-order valence-electron chi connectivity index (χ3n) is 4.30. The zero-order valence-corrected chi connectivity index (χ0v) is 17.3. The Morgan fingerprint density at radius 3 is 2.48 bits per heavy atom. The molecule has 2 atom stereocenters. The molecule has 0 bridgehead atoms. The van der Waals surface area contributed by atoms with Crippen LogP contribution in [0, 0.1) is 0 Å². The number of hydrogen-bond donors (Lipinski definition) is 3. The first-order valence-corrected chi connectivity index (χ1v) is 9.79. The Bertz CT molecular complexity index is 793. The highest BCUT2D eigenvalue weighted by Crippen LogP contribution is 2.20. The Kier molecular flexibility index (Phi) is 8.89. The molecule has 1 aromatic heterocycles. The van der Waals surface area contributed by atoms with Crippen molar-refractivity contribution in [3.05, 3.63) is 58.9 Å². The fourth-order valence-electron chi connectivity index (χ4n) is 2.66. The number of rotatable bonds is 10. The highest BCUT2D eigenvalue weighted by Gasteiger charge is 2.15. The lowest BCUT2D eigenvalue weighted by Crippen LogP contribution is -2.37. The third kappa shape index (κ3) is 7.71. The van der Waals surface area contributed by atoms with E-state index in [-0.39, 0.29) is 43.6 Å². The molecule has 0 aliphatic rings. The second-order valence-electron chi connectivity index (χ2n) is 6.63. The highest BCUT2D eigenvalue weighted by atomic mass is 35.5. The van der Waals surface area contributed by atoms with Crippen LogP contribution in [0.1, 0.15) is 37.6 Å². The number of ether oxygens (including phenoxy) is 1. The normalized spacial score (nSPS) is 12.7. The largest absolute Gasteiger partial charge is 0.463 e. The van der Waals surface area contributed by atoms with Crippen LogP contribution in [-0.2, 0) is 20.7 Å². The van der Waals surface area contributed by atoms with Gasteiger partial charge in [0.25, 0.3) is 0 Å². The first kappa shape index (κ1) is 22.6. The average Bonchev–Trinajstić information content (AvgIpc) is 2.71. The van der Waals surface area contributed by atoms with E-state index < -0.39 is 0 Å². The van der Waals surface area contributed by atoms with Gasteiger partial charge in [-0.2, -0.15) is 0 Å². The molecular weight excluding hydrogens is 394 g/mol. The number of aliphatic hydroxyl groups excluding tert-OH is 1. The van der Waals surface area contributed by atoms with E-state index in [1.807, 2.05) is 31.2 Å². The van der Waals surface area contributed by atoms with Crippen LogP contribution in [0.2, 0.25) is 5.02 Å². The summed E-state index contributed by atoms with van der Waals surface area (Å²) in [5.74, 6) is -0.509. The van der Waals surface area contributed by atoms with Crippen molar-refractivity contribution < 1.29 is 19.4 Å². The third-order valence-corrected chi connectivity index (χ3v) is 4.52. The lowest BCUT2D eigenvalue weighted by atomic mass is 10.1. The second kappa shape index (κ2) is 11.4. The van der Waals surface area contributed by atoms with Gasteiger partial charge in [0.15, 0.2) is 0 Å². The van der Waals surface area contributed by atoms with Crippen LogP contribution in [0.4, 0.5) is 5.69 Å². The number of nitrogens with one attached hydrogen (secondary N) is 2. The number of carbonyl (C=O) groups excluding carboxylic acids is 2. The Morgan fingerprint density at radius 2 is 1.93 bits per heavy atom. The maximum atomic E-state index is 12.1. The van der Waals surface area contributed by atoms with E-state index in [0.29, 0.717) is 17.1 Å². The summed E-state index contributed by atoms with van der Waals surface area (Å²) >= 11 is 5.90. The first-order valence-electron chi connectivity index (χ1n) is 9.41. The van der Waals surface area contributed by atoms with Crippen LogP contribution < -0.4 is 10.6 Å². The van der Waals surface area contributed by atoms with Crippen LogP contribution in [0.3, 0.4) is 0 Å². The van der Waals surface area contributed by atoms with Crippen LogP contribution in [-0.4, -0.2) is 41.2 Å². The predicted molar refractivity (Wildman–Crippen MR) is 112 cm³/mol. The van der Waals surface area contributed by atoms with Gasteiger partial charge in [-0.3, -0.25) is 14.6 Å². The van der Waals surface area contributed by atoms with Gasteiger partial charge in [-0.05, 0) is 36.2 Å². The van der Waals surface area contributed by atoms with E-state index in [9.17, 15) is 14.7 Å². The molecular formula is C21H26ClN3O4. The Labute approximate surface area is 175 Å². The Morgan fingerprint density at radius 1 is 1.21 bits per heavy atom. The summed E-state index contributed by atoms with van der Waals surface area (Å²) in [6, 6.07) is 10.3. The van der Waals surface area contributed by atoms with Gasteiger partial charge in [0.05, 0.1) is 29.8 Å². The minimum absolute atomic E-state index is 0.0758. The molecule has 1 heterocycles. The maximum absolute atomic E-state index is 12.1. The van der Waals surface area contributed by atoms with Gasteiger partial charge in [0, 0.05) is 18.8 Å². The van der Waals surface area contributed by atoms with E-state index in [4.69, 9.17) is 16.3 Å². The SMILES string of the molecule is CC[C@H](CO)NC(=O)Cc1ccc(N[C@H](COC(C)=O)c2ccc(Cl)cn2)cc1. The molecule has 156 valence electrons. The van der Waals surface area contributed by atoms with Crippen LogP contribution >= 0.6 is 11.6 Å². The van der Waals surface area contributed by atoms with Crippen molar-refractivity contribution in [2.75, 3.05) is 18.5 Å². The number of esters is 1. The molecule has 0 fully saturated rings. The molecule has 0 spiro atoms. The molecule has 0 saturated carbocycles. The lowest BCUT2D eigenvalue weighted by Gasteiger charge is -2.19. The molecule has 3 N–H and O–H groups in total. The van der Waals surface area contributed by atoms with Gasteiger partial charge in [0.1, 0.15) is 12.6 Å². The second-order valence-corrected chi connectivity index (χ2v) is 7.07. The maximum Gasteiger partial charge on any atom is 0.302 e. The van der Waals surface area contributed by atoms with Gasteiger partial charge in [-0.15, -0.1) is 0 Å². The summed E-state index contributed by atoms with van der Waals surface area (Å²) in [6.45, 7) is 3.30. The summed E-state index contributed by atoms with van der Waals surface area (Å²) in [5, 5.41) is 15.8. The summed E-state index contributed by atoms with van der Waals surface area (Å²) in [6.07, 6.45) is 2.44. The van der Waals surface area contributed by atoms with E-state index in [2.05, 4.69) is 15.6 Å². The fourth-order valence-corrected chi connectivity index (χ4v) is 2.77. The number of aromatic nitrogens is 1. The molecule has 8 heteroatoms. The van der Waals surface area contributed by atoms with Crippen LogP contribution in [0.25, 0.3) is 0 Å². The van der Waals surface area contributed by atoms with E-state index in [1.165, 1.54) is 13.1 Å². The van der Waals surface area contributed by atoms with Crippen molar-refractivity contribution in [2.45, 2.75) is 38.8 Å². The highest BCUT2D eigenvalue weighted by molar-refractivity contribution is 6.30. The zero-order chi connectivity index (χ0) is 21.2. The summed E-state index contributed by atoms with van der Waals surface area (Å²) in [4.78, 5) is 27.6. The Hall–Kier alpha value is -2.64. The predicted octanol–water partition coefficient (Wildman–Crippen LogP) is 2.88. The molecule has 0 saturated heterocycles. The molecule has 7 nitrogen and oxygen atoms in total. The van der Waals surface area contributed by atoms with Crippen LogP contribution in [0.15, 0.2) is 42.6 Å². The van der Waals surface area contributed by atoms with Crippen LogP contribution in [0.5, 0.6) is 0 Å². The molecule has 29 heavy (non-hydrogen) atoms. The number of benzene rings is 1. The average molecular weight is 420 g/mol. The summed E-state index contributed by atoms with van der Waals surface area (Å²) in [7, 11) is 0. The van der Waals surface area contributed by atoms with Gasteiger partial charge >= 0.3 is 5.97 Å². The van der Waals surface area contributed by atoms with E-state index >= 15 is 0 Å². The molecule has 0 unspecified atom stereocenters. The molecule has 1 aromatic carbocycles. The number of carbonyl (C=O) groups is 2. The molecule has 2 aromatic rings. The minimum Gasteiger partial charge on any atom is -0.463 e. The van der Waals surface area contributed by atoms with E-state index in [1.54, 1.807) is 12.1 Å². The molecule has 0 aliphatic carbocycles. The number of halogens is 1. The van der Waals surface area contributed by atoms with Crippen molar-refractivity contribution in [3.63, 3.8) is 0 Å². The van der Waals surface area contributed by atoms with Gasteiger partial charge < -0.3 is 20.5 Å². The smallest absolute Gasteiger partial charge is 0.302 e. The van der Waals surface area contributed by atoms with Crippen molar-refractivity contribution in [1.29, 1.82) is 0 Å². The molecule has 2 rings (SSSR count). The molecule has 1 amide bonds. The molecule has 0 radical (unpaired) electrons. The van der Waals surface area contributed by atoms with Crippen molar-refractivity contribution >= 4 is 29.2 Å². The van der Waals surface area contributed by atoms with E-state index in [0.717, 1.165) is 11.3 Å². The lowest BCUT2D eigenvalue weighted by molar-refractivity contribution is -0.141. The summed E-state index contributed by atoms with van der Waals surface area (Å²) < 4.78 is 5.15. The monoisotopic (exact) mass is 419 g/mol. The number of hydrogen-bond acceptors (Lipinski definition) is 6. The number of nitrogens with zero attached hydrogens (tertiary/aromatic N) is 1. The van der Waals surface area contributed by atoms with Gasteiger partial charge in [-0.1, -0.05) is 30.7 Å². The zero-order valence-electron chi connectivity index (χ0n) is 16.5. The number of amides is 1. The van der Waals surface area contributed by atoms with Crippen molar-refractivity contribution in [2.24, 2.45) is 0 Å². The fraction of sp³-hybridized carbons (Fsp3) is 0.381. The minimum atomic E-state index is -0.375. The van der Waals surface area contributed by atoms with Gasteiger partial charge in [-0.25, -0.2) is 0 Å². The van der Waals surface area contributed by atoms with Crippen molar-refractivity contribution in [1.82, 2.24) is 10.3 Å². The summed E-state index contributed by atoms with van der Waals surface area (Å²) in [5.41, 5.74) is 2.33. The van der Waals surface area contributed by atoms with Gasteiger partial charge in [0.2, 0.25) is 5.91 Å². The standard InChI is InChI=1S/C21H26ClN3O4/c1-3-17(12-26)25-21(28)10-15-4-7-18(8-5-15)24-20(13-29-14(2)27)19-9-6-16(22)11-23-19/h4-9,11,17,20,24,26H,3,10,12-13H2,1-2H3,(H,25,28)/t17-,20-/m1/s1. The molecule has 0 aliphatic heterocycles.